The number of pyridine rings is 1. The second kappa shape index (κ2) is 7.95. The maximum atomic E-state index is 13.5. The highest BCUT2D eigenvalue weighted by molar-refractivity contribution is 5.51. The smallest absolute Gasteiger partial charge is 0.143 e. The van der Waals surface area contributed by atoms with Crippen LogP contribution in [0.1, 0.15) is 17.5 Å². The van der Waals surface area contributed by atoms with Crippen molar-refractivity contribution in [2.75, 3.05) is 32.1 Å². The van der Waals surface area contributed by atoms with E-state index in [0.717, 1.165) is 37.4 Å². The molecule has 1 aromatic carbocycles. The largest absolute Gasteiger partial charge is 0.496 e. The Hall–Kier alpha value is -2.65. The summed E-state index contributed by atoms with van der Waals surface area (Å²) in [5.74, 6) is 1.57. The molecule has 1 saturated heterocycles. The van der Waals surface area contributed by atoms with E-state index in [1.807, 2.05) is 0 Å². The molecule has 6 heteroatoms. The zero-order valence-electron chi connectivity index (χ0n) is 14.2. The Bertz CT molecular complexity index is 774. The van der Waals surface area contributed by atoms with Crippen LogP contribution < -0.4 is 10.1 Å². The molecule has 2 aromatic rings. The predicted molar refractivity (Wildman–Crippen MR) is 93.8 cm³/mol. The van der Waals surface area contributed by atoms with Crippen LogP contribution in [0.4, 0.5) is 10.2 Å². The topological polar surface area (TPSA) is 61.2 Å². The van der Waals surface area contributed by atoms with Crippen molar-refractivity contribution in [1.82, 2.24) is 9.88 Å². The zero-order chi connectivity index (χ0) is 17.6. The Balaban J connectivity index is 1.56. The van der Waals surface area contributed by atoms with E-state index in [2.05, 4.69) is 21.3 Å². The van der Waals surface area contributed by atoms with E-state index in [1.54, 1.807) is 31.5 Å². The quantitative estimate of drug-likeness (QED) is 0.876. The zero-order valence-corrected chi connectivity index (χ0v) is 14.2. The van der Waals surface area contributed by atoms with Gasteiger partial charge in [-0.15, -0.1) is 0 Å². The number of nitrogens with one attached hydrogen (secondary N) is 1. The van der Waals surface area contributed by atoms with Crippen LogP contribution in [-0.4, -0.2) is 36.6 Å². The molecule has 1 aliphatic heterocycles. The van der Waals surface area contributed by atoms with Crippen molar-refractivity contribution in [3.05, 3.63) is 53.5 Å². The number of aromatic nitrogens is 1. The lowest BCUT2D eigenvalue weighted by atomic mass is 10.1. The molecule has 25 heavy (non-hydrogen) atoms. The molecule has 0 unspecified atom stereocenters. The van der Waals surface area contributed by atoms with Gasteiger partial charge in [-0.1, -0.05) is 0 Å². The van der Waals surface area contributed by atoms with Gasteiger partial charge in [-0.05, 0) is 49.2 Å². The number of benzene rings is 1. The minimum absolute atomic E-state index is 0.243. The molecule has 5 nitrogen and oxygen atoms in total. The van der Waals surface area contributed by atoms with Gasteiger partial charge in [0.1, 0.15) is 23.5 Å². The van der Waals surface area contributed by atoms with E-state index < -0.39 is 0 Å². The van der Waals surface area contributed by atoms with Crippen molar-refractivity contribution in [3.63, 3.8) is 0 Å². The number of rotatable bonds is 6. The van der Waals surface area contributed by atoms with E-state index in [-0.39, 0.29) is 5.82 Å². The maximum absolute atomic E-state index is 13.5. The Morgan fingerprint density at radius 1 is 1.44 bits per heavy atom. The molecule has 0 amide bonds. The summed E-state index contributed by atoms with van der Waals surface area (Å²) in [6.07, 6.45) is 2.74. The number of halogens is 1. The van der Waals surface area contributed by atoms with Crippen LogP contribution in [0.5, 0.6) is 5.75 Å². The SMILES string of the molecule is COc1ccc(F)cc1CN1CC[C@H](CNc2ncccc2C#N)C1. The minimum Gasteiger partial charge on any atom is -0.496 e. The molecule has 0 spiro atoms. The van der Waals surface area contributed by atoms with Gasteiger partial charge in [0.15, 0.2) is 0 Å². The minimum atomic E-state index is -0.243. The van der Waals surface area contributed by atoms with Crippen LogP contribution >= 0.6 is 0 Å². The molecular formula is C19H21FN4O. The number of nitriles is 1. The van der Waals surface area contributed by atoms with Crippen LogP contribution in [0.25, 0.3) is 0 Å². The van der Waals surface area contributed by atoms with Crippen LogP contribution in [0, 0.1) is 23.1 Å². The van der Waals surface area contributed by atoms with E-state index in [1.165, 1.54) is 12.1 Å². The van der Waals surface area contributed by atoms with E-state index in [9.17, 15) is 4.39 Å². The van der Waals surface area contributed by atoms with E-state index in [4.69, 9.17) is 10.00 Å². The Labute approximate surface area is 147 Å². The molecule has 2 heterocycles. The van der Waals surface area contributed by atoms with Crippen molar-refractivity contribution in [2.24, 2.45) is 5.92 Å². The molecule has 3 rings (SSSR count). The molecule has 0 saturated carbocycles. The normalized spacial score (nSPS) is 17.2. The van der Waals surface area contributed by atoms with Gasteiger partial charge >= 0.3 is 0 Å². The lowest BCUT2D eigenvalue weighted by Gasteiger charge is -2.18. The third-order valence-corrected chi connectivity index (χ3v) is 4.49. The monoisotopic (exact) mass is 340 g/mol. The van der Waals surface area contributed by atoms with Crippen LogP contribution in [0.3, 0.4) is 0 Å². The van der Waals surface area contributed by atoms with Gasteiger partial charge in [-0.25, -0.2) is 9.37 Å². The van der Waals surface area contributed by atoms with Crippen molar-refractivity contribution in [3.8, 4) is 11.8 Å². The number of hydrogen-bond donors (Lipinski definition) is 1. The number of nitrogens with zero attached hydrogens (tertiary/aromatic N) is 3. The first kappa shape index (κ1) is 17.2. The van der Waals surface area contributed by atoms with Crippen molar-refractivity contribution in [1.29, 1.82) is 5.26 Å². The lowest BCUT2D eigenvalue weighted by molar-refractivity contribution is 0.309. The molecule has 0 aliphatic carbocycles. The van der Waals surface area contributed by atoms with Crippen molar-refractivity contribution in [2.45, 2.75) is 13.0 Å². The number of anilines is 1. The fraction of sp³-hybridized carbons (Fsp3) is 0.368. The van der Waals surface area contributed by atoms with Crippen LogP contribution in [0.2, 0.25) is 0 Å². The predicted octanol–water partition coefficient (Wildman–Crippen LogP) is 3.03. The second-order valence-electron chi connectivity index (χ2n) is 6.24. The fourth-order valence-corrected chi connectivity index (χ4v) is 3.21. The van der Waals surface area contributed by atoms with Gasteiger partial charge in [0, 0.05) is 31.4 Å². The molecule has 130 valence electrons. The van der Waals surface area contributed by atoms with Gasteiger partial charge < -0.3 is 10.1 Å². The standard InChI is InChI=1S/C19H21FN4O/c1-25-18-5-4-17(20)9-16(18)13-24-8-6-14(12-24)11-23-19-15(10-21)3-2-7-22-19/h2-5,7,9,14H,6,8,11-13H2,1H3,(H,22,23)/t14-/m1/s1. The fourth-order valence-electron chi connectivity index (χ4n) is 3.21. The molecule has 1 fully saturated rings. The molecule has 1 aliphatic rings. The first-order valence-electron chi connectivity index (χ1n) is 8.33. The second-order valence-corrected chi connectivity index (χ2v) is 6.24. The average molecular weight is 340 g/mol. The van der Waals surface area contributed by atoms with Crippen molar-refractivity contribution < 1.29 is 9.13 Å². The van der Waals surface area contributed by atoms with Gasteiger partial charge in [0.05, 0.1) is 12.7 Å². The first-order chi connectivity index (χ1) is 12.2. The Kier molecular flexibility index (Phi) is 5.46. The summed E-state index contributed by atoms with van der Waals surface area (Å²) in [5, 5.41) is 12.4. The molecule has 1 atom stereocenters. The van der Waals surface area contributed by atoms with Crippen molar-refractivity contribution >= 4 is 5.82 Å². The van der Waals surface area contributed by atoms with E-state index in [0.29, 0.717) is 23.8 Å². The third-order valence-electron chi connectivity index (χ3n) is 4.49. The number of hydrogen-bond acceptors (Lipinski definition) is 5. The molecule has 0 radical (unpaired) electrons. The number of likely N-dealkylation sites (tertiary alicyclic amines) is 1. The van der Waals surface area contributed by atoms with Gasteiger partial charge in [-0.2, -0.15) is 5.26 Å². The molecular weight excluding hydrogens is 319 g/mol. The van der Waals surface area contributed by atoms with Gasteiger partial charge in [0.2, 0.25) is 0 Å². The van der Waals surface area contributed by atoms with Gasteiger partial charge in [-0.3, -0.25) is 4.90 Å². The number of ether oxygens (including phenoxy) is 1. The van der Waals surface area contributed by atoms with Gasteiger partial charge in [0.25, 0.3) is 0 Å². The highest BCUT2D eigenvalue weighted by Gasteiger charge is 2.23. The summed E-state index contributed by atoms with van der Waals surface area (Å²) in [4.78, 5) is 6.52. The maximum Gasteiger partial charge on any atom is 0.143 e. The summed E-state index contributed by atoms with van der Waals surface area (Å²) >= 11 is 0. The number of methoxy groups -OCH3 is 1. The third kappa shape index (κ3) is 4.25. The van der Waals surface area contributed by atoms with Crippen LogP contribution in [-0.2, 0) is 6.54 Å². The summed E-state index contributed by atoms with van der Waals surface area (Å²) in [6, 6.07) is 10.3. The summed E-state index contributed by atoms with van der Waals surface area (Å²) in [5.41, 5.74) is 1.43. The summed E-state index contributed by atoms with van der Waals surface area (Å²) in [6.45, 7) is 3.31. The molecule has 1 N–H and O–H groups in total. The molecule has 1 aromatic heterocycles. The highest BCUT2D eigenvalue weighted by atomic mass is 19.1. The average Bonchev–Trinajstić information content (AvgIpc) is 3.08. The van der Waals surface area contributed by atoms with Crippen LogP contribution in [0.15, 0.2) is 36.5 Å². The Morgan fingerprint density at radius 3 is 3.12 bits per heavy atom. The highest BCUT2D eigenvalue weighted by Crippen LogP contribution is 2.25. The summed E-state index contributed by atoms with van der Waals surface area (Å²) in [7, 11) is 1.60. The van der Waals surface area contributed by atoms with E-state index >= 15 is 0 Å². The summed E-state index contributed by atoms with van der Waals surface area (Å²) < 4.78 is 18.8. The Morgan fingerprint density at radius 2 is 2.32 bits per heavy atom. The lowest BCUT2D eigenvalue weighted by Crippen LogP contribution is -2.23. The first-order valence-corrected chi connectivity index (χ1v) is 8.33. The molecule has 0 bridgehead atoms.